The number of carbonyl (C=O) groups excluding carboxylic acids is 8. The molecule has 0 saturated carbocycles. The van der Waals surface area contributed by atoms with Crippen molar-refractivity contribution in [3.05, 3.63) is 106 Å². The minimum atomic E-state index is -1.97. The van der Waals surface area contributed by atoms with E-state index in [0.29, 0.717) is 59.5 Å². The predicted octanol–water partition coefficient (Wildman–Crippen LogP) is 5.87. The highest BCUT2D eigenvalue weighted by Crippen LogP contribution is 2.50. The number of carbonyl (C=O) groups is 11. The smallest absolute Gasteiger partial charge is 0.326 e. The molecule has 622 valence electrons. The van der Waals surface area contributed by atoms with E-state index in [1.165, 1.54) is 43.3 Å². The number of carboxylic acids is 3. The molecule has 13 atom stereocenters. The number of aliphatic hydroxyl groups is 1. The minimum Gasteiger partial charge on any atom is -0.481 e. The fourth-order valence-corrected chi connectivity index (χ4v) is 17.8. The second kappa shape index (κ2) is 44.6. The number of nitrogens with zero attached hydrogens (tertiary/aromatic N) is 7. The number of nitrogens with two attached hydrogens (primary N) is 1. The molecule has 34 nitrogen and oxygen atoms in total. The number of aromatic nitrogens is 3. The molecule has 3 saturated heterocycles. The van der Waals surface area contributed by atoms with Crippen LogP contribution in [0.25, 0.3) is 11.0 Å². The summed E-state index contributed by atoms with van der Waals surface area (Å²) in [6, 6.07) is 4.49. The molecule has 0 spiro atoms. The van der Waals surface area contributed by atoms with Gasteiger partial charge in [-0.05, 0) is 113 Å². The lowest BCUT2D eigenvalue weighted by Gasteiger charge is -2.38. The van der Waals surface area contributed by atoms with Crippen molar-refractivity contribution in [2.24, 2.45) is 10.9 Å². The van der Waals surface area contributed by atoms with Crippen LogP contribution in [0, 0.1) is 24.7 Å². The number of aryl methyl sites for hydroxylation is 2. The van der Waals surface area contributed by atoms with Crippen LogP contribution in [0.3, 0.4) is 0 Å². The number of carboxylic acid groups (broad SMARTS) is 3. The standard InChI is InChI=1S/C76H100N13O21P3S2/c1-6-16-45-35-58-49(33-43(45)3)68(50-34-44(4)52(78-7-2)36-59(50)107-58)47-18-8-9-19-48(47)74(101)86(5)28-15-23-61(91)79-26-11-10-20-51(75(102)88-30-14-22-56(88)73(100)84-53(37-65(94)95)71(98)85-54(76(103)104)38-66(96)97)83-72(99)55-21-13-29-87(55)63(93)25-32-115-114-31-24-62(92)80-27-12-17-46-40-89(70-67(46)69(77)81-42-82-70)64-39-57(90)60(108-64)41-106-112-110-113-109-111-105/h8-9,18-19,33-36,40,42,50-51,53-57,60,64,68,90,105,111-113H,6-7,10-11,13-16,20-32,37-39,41H2,1-5H3,(H,79,91)(H,80,92)(H,83,99)(H,84,100)(H,85,98)(H,94,95)(H,96,97)(H,103,104)(H2,77,81,82)/t50?,51?,53?,54?,55?,56?,57?,60-,64-,68?/m1/s1. The summed E-state index contributed by atoms with van der Waals surface area (Å²) in [5.74, 6) is -1.63. The van der Waals surface area contributed by atoms with E-state index in [1.807, 2.05) is 49.5 Å². The Hall–Kier alpha value is -8.71. The number of allylic oxidation sites excluding steroid dienone is 3. The second-order valence-corrected chi connectivity index (χ2v) is 33.3. The first kappa shape index (κ1) is 90.2. The van der Waals surface area contributed by atoms with E-state index in [4.69, 9.17) is 38.2 Å². The number of aliphatic imine (C=N–C) groups is 1. The molecule has 0 bridgehead atoms. The summed E-state index contributed by atoms with van der Waals surface area (Å²) < 4.78 is 29.9. The number of nitrogens with one attached hydrogen (secondary N) is 5. The topological polar surface area (TPSA) is 474 Å². The number of unbranched alkanes of at least 4 members (excludes halogenated alkanes) is 1. The van der Waals surface area contributed by atoms with Gasteiger partial charge in [0.05, 0.1) is 48.8 Å². The lowest BCUT2D eigenvalue weighted by Crippen LogP contribution is -2.58. The Morgan fingerprint density at radius 1 is 0.826 bits per heavy atom. The highest BCUT2D eigenvalue weighted by atomic mass is 33.1. The number of anilines is 1. The van der Waals surface area contributed by atoms with Crippen LogP contribution in [-0.4, -0.2) is 232 Å². The first-order valence-corrected chi connectivity index (χ1v) is 43.1. The molecule has 39 heteroatoms. The molecule has 4 aliphatic heterocycles. The molecule has 12 N–H and O–H groups in total. The van der Waals surface area contributed by atoms with Crippen molar-refractivity contribution in [2.75, 3.05) is 70.2 Å². The van der Waals surface area contributed by atoms with Gasteiger partial charge in [0.1, 0.15) is 71.8 Å². The highest BCUT2D eigenvalue weighted by molar-refractivity contribution is 8.76. The van der Waals surface area contributed by atoms with E-state index in [-0.39, 0.29) is 138 Å². The first-order chi connectivity index (χ1) is 55.3. The maximum absolute atomic E-state index is 14.8. The minimum absolute atomic E-state index is 0.00327. The maximum atomic E-state index is 14.8. The van der Waals surface area contributed by atoms with Crippen molar-refractivity contribution >= 4 is 136 Å². The van der Waals surface area contributed by atoms with Gasteiger partial charge in [-0.1, -0.05) is 77.1 Å². The zero-order valence-electron chi connectivity index (χ0n) is 64.5. The molecule has 6 heterocycles. The van der Waals surface area contributed by atoms with Crippen LogP contribution < -0.4 is 37.1 Å². The van der Waals surface area contributed by atoms with Crippen molar-refractivity contribution < 1.29 is 101 Å². The number of nitrogen functional groups attached to an aromatic ring is 1. The Morgan fingerprint density at radius 2 is 1.53 bits per heavy atom. The number of rotatable bonds is 42. The average molecular weight is 1690 g/mol. The lowest BCUT2D eigenvalue weighted by molar-refractivity contribution is -0.148. The third kappa shape index (κ3) is 24.9. The maximum Gasteiger partial charge on any atom is 0.326 e. The van der Waals surface area contributed by atoms with E-state index in [1.54, 1.807) is 22.7 Å². The van der Waals surface area contributed by atoms with Gasteiger partial charge in [-0.25, -0.2) is 14.8 Å². The van der Waals surface area contributed by atoms with Gasteiger partial charge in [0, 0.05) is 112 Å². The quantitative estimate of drug-likeness (QED) is 0.0107. The third-order valence-corrected chi connectivity index (χ3v) is 24.2. The molecule has 2 aromatic carbocycles. The molecule has 0 radical (unpaired) electrons. The molecule has 8 amide bonds. The zero-order valence-corrected chi connectivity index (χ0v) is 69.2. The molecule has 115 heavy (non-hydrogen) atoms. The predicted molar refractivity (Wildman–Crippen MR) is 434 cm³/mol. The Balaban J connectivity index is 0.771. The normalized spacial score (nSPS) is 20.3. The molecule has 5 aliphatic rings. The van der Waals surface area contributed by atoms with Crippen LogP contribution in [0.2, 0.25) is 0 Å². The van der Waals surface area contributed by atoms with Gasteiger partial charge in [0.2, 0.25) is 41.4 Å². The summed E-state index contributed by atoms with van der Waals surface area (Å²) in [6.45, 7) is 9.57. The number of aliphatic carboxylic acids is 3. The summed E-state index contributed by atoms with van der Waals surface area (Å²) in [4.78, 5) is 173. The SMILES string of the molecule is CCCc1cc2c(cc1C)C(c1ccccc1C(=O)N(C)CCCC(=O)NCCCCC(NC(=O)C1CCCN1C(=O)CCSSCCC(=O)NCC#Cc1cn([C@H]3CC(O)[C@@H](COPOPOPO)O3)c3ncnc(N)c13)C(=O)N1CCCC1C(=O)NC(CC(=O)O)C(=O)NC(CC(=O)O)C(=O)O)C1C=C(C)C(=NCC)C=C1O2. The van der Waals surface area contributed by atoms with Gasteiger partial charge >= 0.3 is 17.9 Å². The number of hydrogen-bond donors (Lipinski definition) is 11. The van der Waals surface area contributed by atoms with Crippen LogP contribution >= 0.6 is 48.7 Å². The highest BCUT2D eigenvalue weighted by Gasteiger charge is 2.44. The molecule has 1 aliphatic carbocycles. The van der Waals surface area contributed by atoms with Gasteiger partial charge < -0.3 is 90.9 Å². The van der Waals surface area contributed by atoms with Crippen LogP contribution in [-0.2, 0) is 72.2 Å². The van der Waals surface area contributed by atoms with Crippen LogP contribution in [0.5, 0.6) is 5.75 Å². The fraction of sp³-hybridized carbons (Fsp3) is 0.526. The van der Waals surface area contributed by atoms with Crippen LogP contribution in [0.1, 0.15) is 167 Å². The molecular weight excluding hydrogens is 1590 g/mol. The molecule has 11 unspecified atom stereocenters. The molecular formula is C76H100N13O21P3S2. The first-order valence-electron chi connectivity index (χ1n) is 38.1. The average Bonchev–Trinajstić information content (AvgIpc) is 1.68. The van der Waals surface area contributed by atoms with Gasteiger partial charge in [-0.3, -0.25) is 61.6 Å². The van der Waals surface area contributed by atoms with Crippen molar-refractivity contribution in [3.8, 4) is 17.6 Å². The second-order valence-electron chi connectivity index (χ2n) is 28.2. The summed E-state index contributed by atoms with van der Waals surface area (Å²) in [5.41, 5.74) is 13.7. The van der Waals surface area contributed by atoms with Gasteiger partial charge in [0.25, 0.3) is 5.91 Å². The Bertz CT molecular complexity index is 4370. The van der Waals surface area contributed by atoms with Crippen LogP contribution in [0.4, 0.5) is 5.82 Å². The number of aliphatic hydroxyl groups excluding tert-OH is 1. The monoisotopic (exact) mass is 1690 g/mol. The number of fused-ring (bicyclic) bond motifs is 3. The van der Waals surface area contributed by atoms with Crippen molar-refractivity contribution in [2.45, 2.75) is 185 Å². The number of amides is 8. The number of likely N-dealkylation sites (tertiary alicyclic amines) is 2. The largest absolute Gasteiger partial charge is 0.481 e. The molecule has 4 aromatic rings. The summed E-state index contributed by atoms with van der Waals surface area (Å²) >= 11 is 0. The fourth-order valence-electron chi connectivity index (χ4n) is 14.5. The number of benzene rings is 2. The third-order valence-electron chi connectivity index (χ3n) is 20.1. The van der Waals surface area contributed by atoms with E-state index >= 15 is 0 Å². The van der Waals surface area contributed by atoms with E-state index < -0.39 is 130 Å². The van der Waals surface area contributed by atoms with Gasteiger partial charge in [-0.15, -0.1) is 0 Å². The van der Waals surface area contributed by atoms with Crippen molar-refractivity contribution in [3.63, 3.8) is 0 Å². The number of hydrogen-bond acceptors (Lipinski definition) is 24. The summed E-state index contributed by atoms with van der Waals surface area (Å²) in [6.07, 6.45) is 7.15. The molecule has 3 fully saturated rings. The van der Waals surface area contributed by atoms with Crippen molar-refractivity contribution in [1.29, 1.82) is 0 Å². The lowest BCUT2D eigenvalue weighted by atomic mass is 9.72. The van der Waals surface area contributed by atoms with E-state index in [2.05, 4.69) is 75.1 Å². The molecule has 9 rings (SSSR count). The van der Waals surface area contributed by atoms with Gasteiger partial charge in [-0.2, -0.15) is 0 Å². The number of ether oxygens (including phenoxy) is 2. The van der Waals surface area contributed by atoms with E-state index in [9.17, 15) is 73.2 Å². The zero-order chi connectivity index (χ0) is 82.8. The van der Waals surface area contributed by atoms with Crippen LogP contribution in [0.15, 0.2) is 77.4 Å². The Morgan fingerprint density at radius 3 is 2.25 bits per heavy atom. The van der Waals surface area contributed by atoms with E-state index in [0.717, 1.165) is 52.3 Å². The Kier molecular flexibility index (Phi) is 35.0. The summed E-state index contributed by atoms with van der Waals surface area (Å²) in [5, 5.41) is 52.6. The Labute approximate surface area is 678 Å². The summed E-state index contributed by atoms with van der Waals surface area (Å²) in [7, 11) is 2.96. The van der Waals surface area contributed by atoms with Crippen molar-refractivity contribution in [1.82, 2.24) is 55.8 Å². The van der Waals surface area contributed by atoms with Gasteiger partial charge in [0.15, 0.2) is 27.1 Å². The molecule has 2 aromatic heterocycles.